The molecule has 0 radical (unpaired) electrons. The molecule has 4 rings (SSSR count). The van der Waals surface area contributed by atoms with Gasteiger partial charge in [0.05, 0.1) is 11.6 Å². The van der Waals surface area contributed by atoms with Crippen molar-refractivity contribution in [2.24, 2.45) is 5.41 Å². The first-order valence-electron chi connectivity index (χ1n) is 10.7. The Labute approximate surface area is 188 Å². The summed E-state index contributed by atoms with van der Waals surface area (Å²) in [5, 5.41) is 0. The van der Waals surface area contributed by atoms with Gasteiger partial charge in [0, 0.05) is 52.0 Å². The molecule has 0 spiro atoms. The van der Waals surface area contributed by atoms with E-state index in [1.807, 2.05) is 18.2 Å². The van der Waals surface area contributed by atoms with Crippen molar-refractivity contribution in [3.05, 3.63) is 78.6 Å². The van der Waals surface area contributed by atoms with E-state index in [2.05, 4.69) is 33.2 Å². The Balaban J connectivity index is 1.64. The van der Waals surface area contributed by atoms with E-state index in [0.29, 0.717) is 25.2 Å². The molecule has 164 valence electrons. The van der Waals surface area contributed by atoms with E-state index in [0.717, 1.165) is 29.5 Å². The molecule has 0 N–H and O–H groups in total. The molecule has 3 aromatic rings. The largest absolute Gasteiger partial charge is 0.348 e. The molecular weight excluding hydrogens is 402 g/mol. The minimum Gasteiger partial charge on any atom is -0.348 e. The highest BCUT2D eigenvalue weighted by Gasteiger charge is 2.44. The van der Waals surface area contributed by atoms with E-state index in [9.17, 15) is 9.59 Å². The Kier molecular flexibility index (Phi) is 6.25. The van der Waals surface area contributed by atoms with Gasteiger partial charge in [-0.05, 0) is 48.1 Å². The molecule has 2 aromatic heterocycles. The number of hydrogen-bond donors (Lipinski definition) is 0. The van der Waals surface area contributed by atoms with Gasteiger partial charge in [0.1, 0.15) is 5.69 Å². The third-order valence-corrected chi connectivity index (χ3v) is 5.99. The van der Waals surface area contributed by atoms with Gasteiger partial charge in [-0.25, -0.2) is 4.98 Å². The van der Waals surface area contributed by atoms with Crippen LogP contribution in [0.4, 0.5) is 0 Å². The lowest BCUT2D eigenvalue weighted by Crippen LogP contribution is -2.54. The molecule has 3 heterocycles. The Morgan fingerprint density at radius 2 is 1.84 bits per heavy atom. The number of carbonyl (C=O) groups is 2. The average molecular weight is 430 g/mol. The molecule has 0 aliphatic carbocycles. The van der Waals surface area contributed by atoms with Gasteiger partial charge in [-0.3, -0.25) is 19.6 Å². The fraction of sp³-hybridized carbons (Fsp3) is 0.320. The van der Waals surface area contributed by atoms with Gasteiger partial charge in [0.2, 0.25) is 5.91 Å². The van der Waals surface area contributed by atoms with E-state index < -0.39 is 5.41 Å². The van der Waals surface area contributed by atoms with Crippen LogP contribution in [-0.2, 0) is 11.2 Å². The summed E-state index contributed by atoms with van der Waals surface area (Å²) in [6.45, 7) is 0.966. The second-order valence-corrected chi connectivity index (χ2v) is 8.51. The fourth-order valence-electron chi connectivity index (χ4n) is 4.54. The molecule has 2 amide bonds. The van der Waals surface area contributed by atoms with Gasteiger partial charge >= 0.3 is 0 Å². The molecule has 0 bridgehead atoms. The number of aromatic nitrogens is 3. The summed E-state index contributed by atoms with van der Waals surface area (Å²) in [5.74, 6) is -0.136. The summed E-state index contributed by atoms with van der Waals surface area (Å²) in [5.41, 5.74) is 2.86. The fourth-order valence-corrected chi connectivity index (χ4v) is 4.54. The zero-order valence-electron chi connectivity index (χ0n) is 18.4. The van der Waals surface area contributed by atoms with Crippen molar-refractivity contribution < 1.29 is 9.59 Å². The van der Waals surface area contributed by atoms with Crippen LogP contribution in [-0.4, -0.2) is 63.8 Å². The second kappa shape index (κ2) is 9.26. The number of pyridine rings is 1. The molecular formula is C25H27N5O2. The summed E-state index contributed by atoms with van der Waals surface area (Å²) in [6, 6.07) is 12.2. The molecule has 1 aromatic carbocycles. The molecule has 7 heteroatoms. The Morgan fingerprint density at radius 1 is 1.03 bits per heavy atom. The van der Waals surface area contributed by atoms with Crippen molar-refractivity contribution in [3.63, 3.8) is 0 Å². The number of rotatable bonds is 5. The Morgan fingerprint density at radius 3 is 2.56 bits per heavy atom. The molecule has 1 fully saturated rings. The minimum absolute atomic E-state index is 0.0449. The molecule has 7 nitrogen and oxygen atoms in total. The van der Waals surface area contributed by atoms with Gasteiger partial charge < -0.3 is 9.80 Å². The lowest BCUT2D eigenvalue weighted by Gasteiger charge is -2.43. The average Bonchev–Trinajstić information content (AvgIpc) is 2.84. The molecule has 1 aliphatic rings. The third kappa shape index (κ3) is 4.51. The topological polar surface area (TPSA) is 79.3 Å². The standard InChI is InChI=1S/C25H27N5O2/c1-29(2)24(32)25(9-4-14-30(18-25)23(31)22-17-27-12-13-28-22)16-19-5-3-6-21(15-19)20-7-10-26-11-8-20/h3,5-8,10-13,15,17H,4,9,14,16,18H2,1-2H3/t25-/m0/s1. The number of nitrogens with zero attached hydrogens (tertiary/aromatic N) is 5. The van der Waals surface area contributed by atoms with E-state index in [1.165, 1.54) is 12.4 Å². The summed E-state index contributed by atoms with van der Waals surface area (Å²) < 4.78 is 0. The highest BCUT2D eigenvalue weighted by atomic mass is 16.2. The highest BCUT2D eigenvalue weighted by Crippen LogP contribution is 2.36. The number of benzene rings is 1. The first kappa shape index (κ1) is 21.6. The van der Waals surface area contributed by atoms with Crippen molar-refractivity contribution in [3.8, 4) is 11.1 Å². The number of carbonyl (C=O) groups excluding carboxylic acids is 2. The second-order valence-electron chi connectivity index (χ2n) is 8.51. The summed E-state index contributed by atoms with van der Waals surface area (Å²) in [4.78, 5) is 42.2. The van der Waals surface area contributed by atoms with Crippen molar-refractivity contribution in [2.45, 2.75) is 19.3 Å². The predicted octanol–water partition coefficient (Wildman–Crippen LogP) is 3.09. The first-order chi connectivity index (χ1) is 15.5. The van der Waals surface area contributed by atoms with Crippen LogP contribution in [0.5, 0.6) is 0 Å². The van der Waals surface area contributed by atoms with Gasteiger partial charge in [0.15, 0.2) is 0 Å². The third-order valence-electron chi connectivity index (χ3n) is 5.99. The van der Waals surface area contributed by atoms with E-state index in [1.54, 1.807) is 42.5 Å². The minimum atomic E-state index is -0.684. The maximum Gasteiger partial charge on any atom is 0.274 e. The van der Waals surface area contributed by atoms with Crippen molar-refractivity contribution in [1.29, 1.82) is 0 Å². The Hall–Kier alpha value is -3.61. The van der Waals surface area contributed by atoms with Gasteiger partial charge in [-0.1, -0.05) is 24.3 Å². The number of piperidine rings is 1. The lowest BCUT2D eigenvalue weighted by atomic mass is 9.73. The van der Waals surface area contributed by atoms with E-state index in [-0.39, 0.29) is 11.8 Å². The normalized spacial score (nSPS) is 18.2. The summed E-state index contributed by atoms with van der Waals surface area (Å²) in [7, 11) is 3.56. The van der Waals surface area contributed by atoms with Crippen molar-refractivity contribution >= 4 is 11.8 Å². The lowest BCUT2D eigenvalue weighted by molar-refractivity contribution is -0.142. The van der Waals surface area contributed by atoms with Crippen molar-refractivity contribution in [2.75, 3.05) is 27.2 Å². The first-order valence-corrected chi connectivity index (χ1v) is 10.7. The van der Waals surface area contributed by atoms with E-state index in [4.69, 9.17) is 0 Å². The highest BCUT2D eigenvalue weighted by molar-refractivity contribution is 5.93. The number of hydrogen-bond acceptors (Lipinski definition) is 5. The van der Waals surface area contributed by atoms with Crippen LogP contribution in [0.2, 0.25) is 0 Å². The SMILES string of the molecule is CN(C)C(=O)[C@]1(Cc2cccc(-c3ccncc3)c2)CCCN(C(=O)c2cnccn2)C1. The molecule has 1 atom stereocenters. The molecule has 1 aliphatic heterocycles. The maximum atomic E-state index is 13.4. The van der Waals surface area contributed by atoms with Gasteiger partial charge in [0.25, 0.3) is 5.91 Å². The zero-order valence-corrected chi connectivity index (χ0v) is 18.4. The van der Waals surface area contributed by atoms with Crippen LogP contribution >= 0.6 is 0 Å². The van der Waals surface area contributed by atoms with Crippen LogP contribution in [0, 0.1) is 5.41 Å². The number of amides is 2. The molecule has 0 saturated carbocycles. The van der Waals surface area contributed by atoms with Gasteiger partial charge in [-0.15, -0.1) is 0 Å². The monoisotopic (exact) mass is 429 g/mol. The Bertz CT molecular complexity index is 1090. The predicted molar refractivity (Wildman–Crippen MR) is 122 cm³/mol. The smallest absolute Gasteiger partial charge is 0.274 e. The van der Waals surface area contributed by atoms with Crippen LogP contribution in [0.15, 0.2) is 67.4 Å². The van der Waals surface area contributed by atoms with E-state index >= 15 is 0 Å². The van der Waals surface area contributed by atoms with Crippen LogP contribution in [0.25, 0.3) is 11.1 Å². The van der Waals surface area contributed by atoms with Crippen molar-refractivity contribution in [1.82, 2.24) is 24.8 Å². The molecule has 0 unspecified atom stereocenters. The van der Waals surface area contributed by atoms with Crippen LogP contribution in [0.1, 0.15) is 28.9 Å². The van der Waals surface area contributed by atoms with Gasteiger partial charge in [-0.2, -0.15) is 0 Å². The number of likely N-dealkylation sites (tertiary alicyclic amines) is 1. The summed E-state index contributed by atoms with van der Waals surface area (Å²) in [6.07, 6.45) is 10.1. The molecule has 32 heavy (non-hydrogen) atoms. The van der Waals surface area contributed by atoms with Crippen LogP contribution < -0.4 is 0 Å². The maximum absolute atomic E-state index is 13.4. The zero-order chi connectivity index (χ0) is 22.6. The van der Waals surface area contributed by atoms with Crippen LogP contribution in [0.3, 0.4) is 0 Å². The molecule has 1 saturated heterocycles. The quantitative estimate of drug-likeness (QED) is 0.623. The summed E-state index contributed by atoms with van der Waals surface area (Å²) >= 11 is 0.